The van der Waals surface area contributed by atoms with E-state index in [9.17, 15) is 4.57 Å². The maximum absolute atomic E-state index is 14.8. The summed E-state index contributed by atoms with van der Waals surface area (Å²) in [5.41, 5.74) is 0. The molecule has 0 bridgehead atoms. The minimum absolute atomic E-state index is 0.341. The SMILES string of the molecule is O=P(c1ccccc1)(c1ccccc1)[C@@H](c1ccco1)N1CCOCC1. The molecule has 134 valence electrons. The highest BCUT2D eigenvalue weighted by molar-refractivity contribution is 7.78. The second-order valence-corrected chi connectivity index (χ2v) is 9.20. The maximum Gasteiger partial charge on any atom is 0.167 e. The zero-order valence-corrected chi connectivity index (χ0v) is 15.4. The molecule has 26 heavy (non-hydrogen) atoms. The lowest BCUT2D eigenvalue weighted by atomic mass is 10.3. The first kappa shape index (κ1) is 17.3. The summed E-state index contributed by atoms with van der Waals surface area (Å²) in [6, 6.07) is 23.3. The van der Waals surface area contributed by atoms with Crippen molar-refractivity contribution in [3.63, 3.8) is 0 Å². The van der Waals surface area contributed by atoms with Crippen molar-refractivity contribution >= 4 is 17.8 Å². The van der Waals surface area contributed by atoms with Crippen LogP contribution in [-0.4, -0.2) is 31.2 Å². The Kier molecular flexibility index (Phi) is 5.07. The van der Waals surface area contributed by atoms with Gasteiger partial charge in [-0.05, 0) is 12.1 Å². The van der Waals surface area contributed by atoms with Crippen LogP contribution in [0.25, 0.3) is 0 Å². The molecule has 0 radical (unpaired) electrons. The summed E-state index contributed by atoms with van der Waals surface area (Å²) in [7, 11) is -3.01. The first-order chi connectivity index (χ1) is 12.8. The molecule has 1 aliphatic heterocycles. The van der Waals surface area contributed by atoms with Gasteiger partial charge in [0.15, 0.2) is 7.14 Å². The Morgan fingerprint density at radius 3 is 1.88 bits per heavy atom. The molecule has 1 aromatic heterocycles. The predicted molar refractivity (Wildman–Crippen MR) is 104 cm³/mol. The Hall–Kier alpha value is -2.13. The van der Waals surface area contributed by atoms with Gasteiger partial charge in [0.2, 0.25) is 0 Å². The summed E-state index contributed by atoms with van der Waals surface area (Å²) in [6.07, 6.45) is 1.66. The van der Waals surface area contributed by atoms with Gasteiger partial charge >= 0.3 is 0 Å². The Labute approximate surface area is 153 Å². The van der Waals surface area contributed by atoms with Crippen molar-refractivity contribution in [2.24, 2.45) is 0 Å². The van der Waals surface area contributed by atoms with Gasteiger partial charge < -0.3 is 13.7 Å². The van der Waals surface area contributed by atoms with E-state index in [2.05, 4.69) is 4.90 Å². The zero-order chi connectivity index (χ0) is 17.8. The lowest BCUT2D eigenvalue weighted by Gasteiger charge is -2.38. The molecule has 1 atom stereocenters. The first-order valence-electron chi connectivity index (χ1n) is 8.86. The van der Waals surface area contributed by atoms with Crippen LogP contribution in [0.5, 0.6) is 0 Å². The van der Waals surface area contributed by atoms with Gasteiger partial charge in [-0.1, -0.05) is 60.7 Å². The highest BCUT2D eigenvalue weighted by Crippen LogP contribution is 2.58. The van der Waals surface area contributed by atoms with Crippen LogP contribution in [0, 0.1) is 0 Å². The molecule has 0 spiro atoms. The van der Waals surface area contributed by atoms with Crippen LogP contribution in [0.3, 0.4) is 0 Å². The predicted octanol–water partition coefficient (Wildman–Crippen LogP) is 3.62. The van der Waals surface area contributed by atoms with E-state index in [1.54, 1.807) is 6.26 Å². The number of furan rings is 1. The average Bonchev–Trinajstić information content (AvgIpc) is 3.24. The van der Waals surface area contributed by atoms with Crippen LogP contribution < -0.4 is 10.6 Å². The van der Waals surface area contributed by atoms with Gasteiger partial charge in [-0.3, -0.25) is 4.90 Å². The van der Waals surface area contributed by atoms with E-state index in [0.717, 1.165) is 29.5 Å². The van der Waals surface area contributed by atoms with Crippen LogP contribution in [-0.2, 0) is 9.30 Å². The molecule has 0 amide bonds. The Balaban J connectivity index is 1.91. The molecule has 4 rings (SSSR count). The van der Waals surface area contributed by atoms with Gasteiger partial charge in [0.1, 0.15) is 11.5 Å². The summed E-state index contributed by atoms with van der Waals surface area (Å²) < 4.78 is 26.1. The number of hydrogen-bond donors (Lipinski definition) is 0. The molecular formula is C21H22NO3P. The van der Waals surface area contributed by atoms with Gasteiger partial charge in [0, 0.05) is 23.7 Å². The number of rotatable bonds is 5. The zero-order valence-electron chi connectivity index (χ0n) is 14.5. The maximum atomic E-state index is 14.8. The van der Waals surface area contributed by atoms with Crippen molar-refractivity contribution in [2.75, 3.05) is 26.3 Å². The van der Waals surface area contributed by atoms with Gasteiger partial charge in [0.05, 0.1) is 19.5 Å². The second-order valence-electron chi connectivity index (χ2n) is 6.37. The Morgan fingerprint density at radius 1 is 0.808 bits per heavy atom. The van der Waals surface area contributed by atoms with Crippen LogP contribution >= 0.6 is 7.14 Å². The summed E-state index contributed by atoms with van der Waals surface area (Å²) in [5.74, 6) is 0.397. The quantitative estimate of drug-likeness (QED) is 0.646. The molecule has 1 saturated heterocycles. The molecule has 5 heteroatoms. The molecule has 0 saturated carbocycles. The fourth-order valence-electron chi connectivity index (χ4n) is 3.58. The van der Waals surface area contributed by atoms with E-state index >= 15 is 0 Å². The number of hydrogen-bond acceptors (Lipinski definition) is 4. The molecule has 0 N–H and O–H groups in total. The van der Waals surface area contributed by atoms with Crippen LogP contribution in [0.2, 0.25) is 0 Å². The lowest BCUT2D eigenvalue weighted by Crippen LogP contribution is -2.41. The highest BCUT2D eigenvalue weighted by Gasteiger charge is 2.43. The van der Waals surface area contributed by atoms with E-state index < -0.39 is 7.14 Å². The molecule has 4 nitrogen and oxygen atoms in total. The molecule has 3 aromatic rings. The fourth-order valence-corrected chi connectivity index (χ4v) is 6.87. The Morgan fingerprint density at radius 2 is 1.38 bits per heavy atom. The Bertz CT molecular complexity index is 815. The summed E-state index contributed by atoms with van der Waals surface area (Å²) >= 11 is 0. The van der Waals surface area contributed by atoms with Crippen LogP contribution in [0.15, 0.2) is 83.5 Å². The molecular weight excluding hydrogens is 345 g/mol. The van der Waals surface area contributed by atoms with E-state index in [0.29, 0.717) is 13.2 Å². The third-order valence-corrected chi connectivity index (χ3v) is 8.21. The van der Waals surface area contributed by atoms with Crippen molar-refractivity contribution < 1.29 is 13.7 Å². The van der Waals surface area contributed by atoms with Crippen molar-refractivity contribution in [3.05, 3.63) is 84.8 Å². The minimum Gasteiger partial charge on any atom is -0.467 e. The molecule has 0 unspecified atom stereocenters. The molecule has 0 aliphatic carbocycles. The van der Waals surface area contributed by atoms with E-state index in [4.69, 9.17) is 9.15 Å². The number of nitrogens with zero attached hydrogens (tertiary/aromatic N) is 1. The first-order valence-corrected chi connectivity index (χ1v) is 10.6. The number of benzene rings is 2. The molecule has 1 fully saturated rings. The largest absolute Gasteiger partial charge is 0.467 e. The minimum atomic E-state index is -3.01. The topological polar surface area (TPSA) is 42.7 Å². The smallest absolute Gasteiger partial charge is 0.167 e. The molecule has 1 aliphatic rings. The van der Waals surface area contributed by atoms with Crippen LogP contribution in [0.1, 0.15) is 11.5 Å². The summed E-state index contributed by atoms with van der Waals surface area (Å²) in [4.78, 5) is 2.24. The van der Waals surface area contributed by atoms with E-state index in [1.807, 2.05) is 72.8 Å². The van der Waals surface area contributed by atoms with E-state index in [-0.39, 0.29) is 5.78 Å². The second kappa shape index (κ2) is 7.63. The highest BCUT2D eigenvalue weighted by atomic mass is 31.2. The van der Waals surface area contributed by atoms with Crippen molar-refractivity contribution in [2.45, 2.75) is 5.78 Å². The summed E-state index contributed by atoms with van der Waals surface area (Å²) in [5, 5.41) is 1.69. The average molecular weight is 367 g/mol. The standard InChI is InChI=1S/C21H22NO3P/c23-26(18-8-3-1-4-9-18,19-10-5-2-6-11-19)21(20-12-7-15-25-20)22-13-16-24-17-14-22/h1-12,15,21H,13-14,16-17H2/t21-/m0/s1. The van der Waals surface area contributed by atoms with E-state index in [1.165, 1.54) is 0 Å². The fraction of sp³-hybridized carbons (Fsp3) is 0.238. The van der Waals surface area contributed by atoms with Crippen molar-refractivity contribution in [1.29, 1.82) is 0 Å². The molecule has 2 heterocycles. The lowest BCUT2D eigenvalue weighted by molar-refractivity contribution is 0.0277. The third-order valence-electron chi connectivity index (χ3n) is 4.81. The summed E-state index contributed by atoms with van der Waals surface area (Å²) in [6.45, 7) is 2.74. The van der Waals surface area contributed by atoms with Gasteiger partial charge in [-0.2, -0.15) is 0 Å². The van der Waals surface area contributed by atoms with Gasteiger partial charge in [-0.15, -0.1) is 0 Å². The van der Waals surface area contributed by atoms with Crippen molar-refractivity contribution in [1.82, 2.24) is 4.90 Å². The van der Waals surface area contributed by atoms with Gasteiger partial charge in [0.25, 0.3) is 0 Å². The van der Waals surface area contributed by atoms with Crippen molar-refractivity contribution in [3.8, 4) is 0 Å². The van der Waals surface area contributed by atoms with Gasteiger partial charge in [-0.25, -0.2) is 0 Å². The normalized spacial score (nSPS) is 17.1. The number of morpholine rings is 1. The van der Waals surface area contributed by atoms with Crippen LogP contribution in [0.4, 0.5) is 0 Å². The monoisotopic (exact) mass is 367 g/mol. The molecule has 2 aromatic carbocycles. The number of ether oxygens (including phenoxy) is 1. The third kappa shape index (κ3) is 3.16.